The Bertz CT molecular complexity index is 1060. The molecule has 1 heterocycles. The van der Waals surface area contributed by atoms with E-state index in [0.717, 1.165) is 30.2 Å². The van der Waals surface area contributed by atoms with E-state index in [1.54, 1.807) is 12.1 Å². The number of hydrogen-bond donors (Lipinski definition) is 1. The number of rotatable bonds is 4. The third-order valence-electron chi connectivity index (χ3n) is 5.66. The van der Waals surface area contributed by atoms with Gasteiger partial charge in [0.05, 0.1) is 24.5 Å². The maximum atomic E-state index is 12.9. The summed E-state index contributed by atoms with van der Waals surface area (Å²) in [5.74, 6) is 0.0792. The van der Waals surface area contributed by atoms with Gasteiger partial charge in [-0.25, -0.2) is 8.42 Å². The van der Waals surface area contributed by atoms with Gasteiger partial charge < -0.3 is 10.1 Å². The zero-order chi connectivity index (χ0) is 20.8. The van der Waals surface area contributed by atoms with Gasteiger partial charge in [0.15, 0.2) is 6.10 Å². The number of amides is 1. The van der Waals surface area contributed by atoms with E-state index in [2.05, 4.69) is 23.5 Å². The molecule has 2 atom stereocenters. The Hall–Kier alpha value is -2.54. The number of fused-ring (bicyclic) bond motifs is 2. The number of carbonyl (C=O) groups is 1. The van der Waals surface area contributed by atoms with Crippen molar-refractivity contribution in [1.82, 2.24) is 5.32 Å². The first kappa shape index (κ1) is 19.8. The lowest BCUT2D eigenvalue weighted by molar-refractivity contribution is -0.128. The Kier molecular flexibility index (Phi) is 5.02. The number of aryl methyl sites for hydroxylation is 3. The highest BCUT2D eigenvalue weighted by atomic mass is 32.2. The quantitative estimate of drug-likeness (QED) is 0.835. The molecule has 0 saturated carbocycles. The van der Waals surface area contributed by atoms with Crippen molar-refractivity contribution in [3.8, 4) is 5.75 Å². The van der Waals surface area contributed by atoms with E-state index < -0.39 is 16.1 Å². The summed E-state index contributed by atoms with van der Waals surface area (Å²) >= 11 is 0. The number of nitrogens with zero attached hydrogens (tertiary/aromatic N) is 1. The van der Waals surface area contributed by atoms with Crippen molar-refractivity contribution in [1.29, 1.82) is 0 Å². The predicted octanol–water partition coefficient (Wildman–Crippen LogP) is 2.89. The number of ether oxygens (including phenoxy) is 1. The van der Waals surface area contributed by atoms with Crippen molar-refractivity contribution in [2.24, 2.45) is 0 Å². The first-order valence-corrected chi connectivity index (χ1v) is 11.7. The second-order valence-electron chi connectivity index (χ2n) is 7.98. The number of benzene rings is 2. The minimum absolute atomic E-state index is 0.0436. The van der Waals surface area contributed by atoms with E-state index in [9.17, 15) is 13.2 Å². The van der Waals surface area contributed by atoms with E-state index in [4.69, 9.17) is 4.74 Å². The number of sulfonamides is 1. The molecule has 2 aromatic carbocycles. The van der Waals surface area contributed by atoms with Gasteiger partial charge >= 0.3 is 0 Å². The fraction of sp³-hybridized carbons (Fsp3) is 0.409. The molecule has 0 spiro atoms. The summed E-state index contributed by atoms with van der Waals surface area (Å²) in [7, 11) is -3.54. The van der Waals surface area contributed by atoms with E-state index in [1.165, 1.54) is 21.9 Å². The third kappa shape index (κ3) is 3.96. The summed E-state index contributed by atoms with van der Waals surface area (Å²) in [5.41, 5.74) is 5.19. The van der Waals surface area contributed by atoms with Crippen LogP contribution in [0.1, 0.15) is 41.6 Å². The van der Waals surface area contributed by atoms with E-state index >= 15 is 0 Å². The van der Waals surface area contributed by atoms with E-state index in [0.29, 0.717) is 11.4 Å². The number of nitrogens with one attached hydrogen (secondary N) is 1. The van der Waals surface area contributed by atoms with Crippen molar-refractivity contribution >= 4 is 21.6 Å². The van der Waals surface area contributed by atoms with Crippen molar-refractivity contribution in [3.05, 3.63) is 58.7 Å². The monoisotopic (exact) mass is 414 g/mol. The highest BCUT2D eigenvalue weighted by molar-refractivity contribution is 7.92. The first-order valence-electron chi connectivity index (χ1n) is 9.89. The molecular formula is C22H26N2O4S. The Labute approximate surface area is 171 Å². The number of anilines is 1. The van der Waals surface area contributed by atoms with Crippen LogP contribution in [0.5, 0.6) is 5.75 Å². The Balaban J connectivity index is 1.53. The fourth-order valence-electron chi connectivity index (χ4n) is 4.06. The SMILES string of the molecule is Cc1ccc2c(c1)N(S(C)(=O)=O)C[C@H](C(=O)N[C@@H](C)c1ccc3c(c1)CCC3)O2. The normalized spacial score (nSPS) is 19.1. The molecule has 0 saturated heterocycles. The lowest BCUT2D eigenvalue weighted by Crippen LogP contribution is -2.50. The second kappa shape index (κ2) is 7.37. The summed E-state index contributed by atoms with van der Waals surface area (Å²) in [6.07, 6.45) is 3.61. The van der Waals surface area contributed by atoms with Crippen molar-refractivity contribution in [2.45, 2.75) is 45.3 Å². The van der Waals surface area contributed by atoms with Gasteiger partial charge in [-0.15, -0.1) is 0 Å². The van der Waals surface area contributed by atoms with Crippen molar-refractivity contribution < 1.29 is 17.9 Å². The molecule has 1 amide bonds. The van der Waals surface area contributed by atoms with Crippen LogP contribution in [0.3, 0.4) is 0 Å². The Morgan fingerprint density at radius 1 is 1.17 bits per heavy atom. The third-order valence-corrected chi connectivity index (χ3v) is 6.80. The molecule has 7 heteroatoms. The average Bonchev–Trinajstić information content (AvgIpc) is 3.14. The largest absolute Gasteiger partial charge is 0.476 e. The minimum atomic E-state index is -3.54. The van der Waals surface area contributed by atoms with Gasteiger partial charge in [0, 0.05) is 0 Å². The van der Waals surface area contributed by atoms with Crippen LogP contribution < -0.4 is 14.4 Å². The van der Waals surface area contributed by atoms with Crippen LogP contribution >= 0.6 is 0 Å². The zero-order valence-corrected chi connectivity index (χ0v) is 17.8. The molecule has 29 heavy (non-hydrogen) atoms. The van der Waals surface area contributed by atoms with Gasteiger partial charge in [0.2, 0.25) is 10.0 Å². The van der Waals surface area contributed by atoms with Crippen LogP contribution in [0.25, 0.3) is 0 Å². The molecule has 0 unspecified atom stereocenters. The molecule has 0 fully saturated rings. The van der Waals surface area contributed by atoms with E-state index in [-0.39, 0.29) is 18.5 Å². The average molecular weight is 415 g/mol. The predicted molar refractivity (Wildman–Crippen MR) is 113 cm³/mol. The van der Waals surface area contributed by atoms with Crippen LogP contribution in [0, 0.1) is 6.92 Å². The summed E-state index contributed by atoms with van der Waals surface area (Å²) in [5, 5.41) is 2.99. The molecule has 1 aliphatic heterocycles. The van der Waals surface area contributed by atoms with Gasteiger partial charge in [-0.05, 0) is 67.5 Å². The van der Waals surface area contributed by atoms with Crippen LogP contribution in [-0.2, 0) is 27.7 Å². The molecular weight excluding hydrogens is 388 g/mol. The highest BCUT2D eigenvalue weighted by Crippen LogP contribution is 2.36. The standard InChI is InChI=1S/C22H26N2O4S/c1-14-7-10-20-19(11-14)24(29(3,26)27)13-21(28-20)22(25)23-15(2)17-9-8-16-5-4-6-18(16)12-17/h7-12,15,21H,4-6,13H2,1-3H3,(H,23,25)/t15-,21+/m0/s1. The molecule has 0 bridgehead atoms. The first-order chi connectivity index (χ1) is 13.7. The van der Waals surface area contributed by atoms with Gasteiger partial charge in [-0.3, -0.25) is 9.10 Å². The van der Waals surface area contributed by atoms with Crippen LogP contribution in [0.4, 0.5) is 5.69 Å². The molecule has 1 N–H and O–H groups in total. The second-order valence-corrected chi connectivity index (χ2v) is 9.89. The molecule has 4 rings (SSSR count). The van der Waals surface area contributed by atoms with E-state index in [1.807, 2.05) is 19.9 Å². The number of hydrogen-bond acceptors (Lipinski definition) is 4. The maximum absolute atomic E-state index is 12.9. The van der Waals surface area contributed by atoms with Crippen LogP contribution in [-0.4, -0.2) is 33.2 Å². The summed E-state index contributed by atoms with van der Waals surface area (Å²) in [6.45, 7) is 3.78. The van der Waals surface area contributed by atoms with Gasteiger partial charge in [-0.2, -0.15) is 0 Å². The molecule has 0 aromatic heterocycles. The smallest absolute Gasteiger partial charge is 0.263 e. The van der Waals surface area contributed by atoms with Crippen LogP contribution in [0.15, 0.2) is 36.4 Å². The van der Waals surface area contributed by atoms with Crippen molar-refractivity contribution in [2.75, 3.05) is 17.1 Å². The topological polar surface area (TPSA) is 75.7 Å². The Morgan fingerprint density at radius 3 is 2.69 bits per heavy atom. The molecule has 2 aliphatic rings. The number of carbonyl (C=O) groups excluding carboxylic acids is 1. The summed E-state index contributed by atoms with van der Waals surface area (Å²) < 4.78 is 31.8. The Morgan fingerprint density at radius 2 is 1.93 bits per heavy atom. The van der Waals surface area contributed by atoms with Gasteiger partial charge in [-0.1, -0.05) is 24.3 Å². The van der Waals surface area contributed by atoms with Gasteiger partial charge in [0.25, 0.3) is 5.91 Å². The fourth-order valence-corrected chi connectivity index (χ4v) is 4.97. The molecule has 0 radical (unpaired) electrons. The molecule has 2 aromatic rings. The molecule has 1 aliphatic carbocycles. The lowest BCUT2D eigenvalue weighted by atomic mass is 10.0. The highest BCUT2D eigenvalue weighted by Gasteiger charge is 2.35. The summed E-state index contributed by atoms with van der Waals surface area (Å²) in [4.78, 5) is 12.9. The zero-order valence-electron chi connectivity index (χ0n) is 16.9. The molecule has 154 valence electrons. The minimum Gasteiger partial charge on any atom is -0.476 e. The maximum Gasteiger partial charge on any atom is 0.263 e. The van der Waals surface area contributed by atoms with Crippen LogP contribution in [0.2, 0.25) is 0 Å². The molecule has 6 nitrogen and oxygen atoms in total. The summed E-state index contributed by atoms with van der Waals surface area (Å²) in [6, 6.07) is 11.5. The lowest BCUT2D eigenvalue weighted by Gasteiger charge is -2.34. The van der Waals surface area contributed by atoms with Gasteiger partial charge in [0.1, 0.15) is 5.75 Å². The van der Waals surface area contributed by atoms with Crippen molar-refractivity contribution in [3.63, 3.8) is 0 Å².